The average molecular weight is 1910 g/mol. The van der Waals surface area contributed by atoms with Gasteiger partial charge in [-0.15, -0.1) is 34.0 Å². The van der Waals surface area contributed by atoms with Crippen molar-refractivity contribution < 1.29 is 53.4 Å². The highest BCUT2D eigenvalue weighted by Gasteiger charge is 2.34. The summed E-state index contributed by atoms with van der Waals surface area (Å²) >= 11 is 3.98. The highest BCUT2D eigenvalue weighted by Crippen LogP contribution is 2.48. The third-order valence-corrected chi connectivity index (χ3v) is 27.1. The standard InChI is InChI=1S/C18H13N3O.C17H10F3NOS.C17H13NOS.2C16H12N2O.C16H11NOS.C15H10N2O2/c1-11-4-5-12(6-18(11)22)15-7-13(20-2)8-17-16(15)9-14(10-19)21(17)3;1-9-3-4-10(6-14(9)22)13-8-12(21-2)5-11-7-15(17(18,19)20)23-16(11)13;1-10-4-5-12(6-16(10)19)15-8-13(18-3)7-14-11(2)9-20-17(14)15;1-10-3-4-11(8-15(10)19)14-9-13(17-2)7-12-5-6-18-16(12)14;1-10-3-4-11(7-16(10)19)14-8-12(17-2)9-15-13(14)5-6-18-15;1-10-3-4-11(8-15(10)18)14-9-13(17-2)7-12-5-6-19-16(12)14;1-9-3-4-10(6-14(9)18)13-7-12(16-2)5-11-8-17-19-15(11)13/h4-9,22H,1,3H3;3-8,22H,1H3;4-9,19H,1-2H3;2*3-9,18-19H,1H3;3-9,18H,1H3;3-8,18H,1H3. The van der Waals surface area contributed by atoms with Gasteiger partial charge < -0.3 is 54.8 Å². The second kappa shape index (κ2) is 41.3. The van der Waals surface area contributed by atoms with E-state index in [4.69, 9.17) is 50.5 Å². The number of hydrogen-bond acceptors (Lipinski definition) is 13. The van der Waals surface area contributed by atoms with Crippen molar-refractivity contribution in [3.63, 3.8) is 0 Å². The minimum Gasteiger partial charge on any atom is -0.508 e. The first-order valence-corrected chi connectivity index (χ1v) is 45.8. The Bertz CT molecular complexity index is 8360. The lowest BCUT2D eigenvalue weighted by molar-refractivity contribution is -0.134. The lowest BCUT2D eigenvalue weighted by Gasteiger charge is -2.08. The average Bonchev–Trinajstić information content (AvgIpc) is 1.62. The van der Waals surface area contributed by atoms with Crippen LogP contribution in [-0.4, -0.2) is 55.4 Å². The molecule has 688 valence electrons. The van der Waals surface area contributed by atoms with E-state index in [1.807, 2.05) is 212 Å². The highest BCUT2D eigenvalue weighted by atomic mass is 32.1. The molecule has 7 heterocycles. The monoisotopic (exact) mass is 1910 g/mol. The van der Waals surface area contributed by atoms with Gasteiger partial charge in [0.2, 0.25) is 0 Å². The minimum absolute atomic E-state index is 0.0662. The van der Waals surface area contributed by atoms with Crippen molar-refractivity contribution in [3.8, 4) is 124 Å². The van der Waals surface area contributed by atoms with E-state index in [-0.39, 0.29) is 45.9 Å². The molecule has 9 N–H and O–H groups in total. The predicted octanol–water partition coefficient (Wildman–Crippen LogP) is 33.9. The third-order valence-electron chi connectivity index (χ3n) is 23.8. The maximum atomic E-state index is 13.0. The summed E-state index contributed by atoms with van der Waals surface area (Å²) in [5, 5.41) is 92.5. The van der Waals surface area contributed by atoms with Gasteiger partial charge in [-0.3, -0.25) is 0 Å². The van der Waals surface area contributed by atoms with Crippen LogP contribution in [0.1, 0.15) is 55.1 Å². The number of fused-ring (bicyclic) bond motifs is 7. The Balaban J connectivity index is 0.000000124. The summed E-state index contributed by atoms with van der Waals surface area (Å²) in [5.74, 6) is 1.62. The zero-order chi connectivity index (χ0) is 101. The van der Waals surface area contributed by atoms with Crippen molar-refractivity contribution >= 4 is 148 Å². The van der Waals surface area contributed by atoms with Gasteiger partial charge in [-0.05, 0) is 362 Å². The smallest absolute Gasteiger partial charge is 0.425 e. The number of H-pyrrole nitrogens is 2. The first kappa shape index (κ1) is 96.9. The van der Waals surface area contributed by atoms with Crippen molar-refractivity contribution in [3.05, 3.63) is 407 Å². The van der Waals surface area contributed by atoms with Gasteiger partial charge in [0.25, 0.3) is 0 Å². The number of halogens is 3. The number of aromatic hydroxyl groups is 7. The molecule has 14 aromatic carbocycles. The Labute approximate surface area is 820 Å². The maximum absolute atomic E-state index is 13.0. The summed E-state index contributed by atoms with van der Waals surface area (Å²) in [4.78, 5) is 30.0. The fourth-order valence-corrected chi connectivity index (χ4v) is 18.9. The molecule has 21 aromatic rings. The van der Waals surface area contributed by atoms with Crippen LogP contribution in [0.15, 0.2) is 277 Å². The topological polar surface area (TPSA) is 258 Å². The Hall–Kier alpha value is -18.6. The van der Waals surface area contributed by atoms with Gasteiger partial charge in [0.1, 0.15) is 56.9 Å². The second-order valence-corrected chi connectivity index (χ2v) is 36.0. The van der Waals surface area contributed by atoms with Gasteiger partial charge in [0.15, 0.2) is 45.4 Å². The molecular weight excluding hydrogens is 1830 g/mol. The Morgan fingerprint density at radius 2 is 0.730 bits per heavy atom. The summed E-state index contributed by atoms with van der Waals surface area (Å²) in [5.41, 5.74) is 26.5. The molecule has 0 amide bonds. The number of aromatic nitrogens is 4. The number of thiophene rings is 3. The highest BCUT2D eigenvalue weighted by molar-refractivity contribution is 7.20. The molecule has 20 nitrogen and oxygen atoms in total. The van der Waals surface area contributed by atoms with Gasteiger partial charge in [-0.2, -0.15) is 18.4 Å². The molecular formula is C115H81F3N12O8S3. The van der Waals surface area contributed by atoms with Crippen LogP contribution in [0.4, 0.5) is 53.0 Å². The van der Waals surface area contributed by atoms with E-state index in [1.165, 1.54) is 17.7 Å². The third kappa shape index (κ3) is 20.9. The number of rotatable bonds is 7. The summed E-state index contributed by atoms with van der Waals surface area (Å²) < 4.78 is 48.7. The minimum atomic E-state index is -4.42. The van der Waals surface area contributed by atoms with Gasteiger partial charge >= 0.3 is 6.18 Å². The Morgan fingerprint density at radius 1 is 0.355 bits per heavy atom. The zero-order valence-corrected chi connectivity index (χ0v) is 79.3. The molecule has 0 radical (unpaired) electrons. The van der Waals surface area contributed by atoms with Crippen LogP contribution >= 0.6 is 34.0 Å². The lowest BCUT2D eigenvalue weighted by atomic mass is 9.99. The number of phenols is 7. The number of phenolic OH excluding ortho intramolecular Hbond substituents is 7. The molecule has 0 aliphatic heterocycles. The molecule has 0 atom stereocenters. The van der Waals surface area contributed by atoms with Crippen LogP contribution in [0.5, 0.6) is 40.2 Å². The second-order valence-electron chi connectivity index (χ2n) is 33.2. The molecule has 21 rings (SSSR count). The van der Waals surface area contributed by atoms with Crippen LogP contribution in [-0.2, 0) is 13.2 Å². The molecule has 141 heavy (non-hydrogen) atoms. The van der Waals surface area contributed by atoms with Crippen molar-refractivity contribution in [2.24, 2.45) is 7.05 Å². The maximum Gasteiger partial charge on any atom is 0.425 e. The number of nitrogens with one attached hydrogen (secondary N) is 2. The molecule has 0 aliphatic carbocycles. The van der Waals surface area contributed by atoms with Crippen LogP contribution in [0, 0.1) is 113 Å². The van der Waals surface area contributed by atoms with Crippen LogP contribution < -0.4 is 0 Å². The van der Waals surface area contributed by atoms with Gasteiger partial charge in [-0.25, -0.2) is 33.9 Å². The van der Waals surface area contributed by atoms with E-state index in [0.717, 1.165) is 164 Å². The van der Waals surface area contributed by atoms with E-state index < -0.39 is 11.1 Å². The molecule has 0 fully saturated rings. The number of alkyl halides is 3. The molecule has 26 heteroatoms. The normalized spacial score (nSPS) is 10.7. The van der Waals surface area contributed by atoms with Crippen molar-refractivity contribution in [2.75, 3.05) is 0 Å². The van der Waals surface area contributed by atoms with Crippen molar-refractivity contribution in [1.82, 2.24) is 19.7 Å². The molecule has 0 bridgehead atoms. The molecule has 7 aromatic heterocycles. The number of aromatic amines is 2. The molecule has 0 saturated heterocycles. The number of nitrogens with zero attached hydrogens (tertiary/aromatic N) is 10. The largest absolute Gasteiger partial charge is 0.508 e. The number of hydrogen-bond donors (Lipinski definition) is 9. The molecule has 0 unspecified atom stereocenters. The van der Waals surface area contributed by atoms with Gasteiger partial charge in [0.05, 0.1) is 57.7 Å². The van der Waals surface area contributed by atoms with Gasteiger partial charge in [-0.1, -0.05) is 90.1 Å². The lowest BCUT2D eigenvalue weighted by Crippen LogP contribution is -2.00. The summed E-state index contributed by atoms with van der Waals surface area (Å²) in [7, 11) is 1.81. The summed E-state index contributed by atoms with van der Waals surface area (Å²) in [6, 6.07) is 74.3. The Kier molecular flexibility index (Phi) is 28.4. The SMILES string of the molecule is [C-]#[N+]c1cc(-c2ccc(C)c(O)c2)c2[nH]ccc2c1.[C-]#[N+]c1cc(-c2ccc(C)c(O)c2)c2cc(C#N)n(C)c2c1.[C-]#[N+]c1cc(-c2ccc(C)c(O)c2)c2cc[nH]c2c1.[C-]#[N+]c1cc(-c2ccc(C)c(O)c2)c2oncc2c1.[C-]#[N+]c1cc(-c2ccc(C)c(O)c2)c2sc(C(F)(F)F)cc2c1.[C-]#[N+]c1cc(-c2ccc(C)c(O)c2)c2scc(C)c2c1.[C-]#[N+]c1cc(-c2ccc(C)c(O)c2)c2sccc2c1. The summed E-state index contributed by atoms with van der Waals surface area (Å²) in [6.45, 7) is 65.3. The zero-order valence-electron chi connectivity index (χ0n) is 76.9. The van der Waals surface area contributed by atoms with Crippen LogP contribution in [0.25, 0.3) is 186 Å². The summed E-state index contributed by atoms with van der Waals surface area (Å²) in [6.07, 6.45) is 0.877. The number of aryl methyl sites for hydroxylation is 9. The Morgan fingerprint density at radius 3 is 1.19 bits per heavy atom. The van der Waals surface area contributed by atoms with E-state index in [9.17, 15) is 54.2 Å². The van der Waals surface area contributed by atoms with E-state index >= 15 is 0 Å². The van der Waals surface area contributed by atoms with Crippen LogP contribution in [0.3, 0.4) is 0 Å². The van der Waals surface area contributed by atoms with E-state index in [2.05, 4.69) is 67.4 Å². The fraction of sp³-hybridized carbons (Fsp3) is 0.0870. The first-order chi connectivity index (χ1) is 67.7. The van der Waals surface area contributed by atoms with E-state index in [0.29, 0.717) is 83.5 Å². The predicted molar refractivity (Wildman–Crippen MR) is 560 cm³/mol. The molecule has 0 spiro atoms. The molecule has 0 saturated carbocycles. The van der Waals surface area contributed by atoms with Crippen molar-refractivity contribution in [2.45, 2.75) is 61.6 Å². The quantitative estimate of drug-likeness (QED) is 0.0682. The van der Waals surface area contributed by atoms with Gasteiger partial charge in [0, 0.05) is 66.3 Å². The van der Waals surface area contributed by atoms with Crippen LogP contribution in [0.2, 0.25) is 0 Å². The fourth-order valence-electron chi connectivity index (χ4n) is 15.8. The van der Waals surface area contributed by atoms with Crippen molar-refractivity contribution in [1.29, 1.82) is 5.26 Å². The number of benzene rings is 14. The molecule has 0 aliphatic rings. The number of nitriles is 1. The first-order valence-electron chi connectivity index (χ1n) is 43.2. The van der Waals surface area contributed by atoms with E-state index in [1.54, 1.807) is 119 Å².